The van der Waals surface area contributed by atoms with Crippen LogP contribution in [0.2, 0.25) is 0 Å². The number of alkyl halides is 1. The van der Waals surface area contributed by atoms with Crippen LogP contribution in [0.5, 0.6) is 0 Å². The Labute approximate surface area is 128 Å². The topological polar surface area (TPSA) is 35.5 Å². The Morgan fingerprint density at radius 2 is 2.00 bits per heavy atom. The molecule has 0 N–H and O–H groups in total. The predicted molar refractivity (Wildman–Crippen MR) is 75.0 cm³/mol. The number of hydrogen-bond acceptors (Lipinski definition) is 3. The summed E-state index contributed by atoms with van der Waals surface area (Å²) in [5.41, 5.74) is 0. The van der Waals surface area contributed by atoms with Crippen LogP contribution in [0.3, 0.4) is 0 Å². The molecule has 0 radical (unpaired) electrons. The van der Waals surface area contributed by atoms with Gasteiger partial charge in [-0.05, 0) is 40.6 Å². The van der Waals surface area contributed by atoms with Gasteiger partial charge in [0.1, 0.15) is 0 Å². The maximum absolute atomic E-state index is 12.5. The highest BCUT2D eigenvalue weighted by atomic mass is 79.9. The summed E-state index contributed by atoms with van der Waals surface area (Å²) < 4.78 is 12.8. The van der Waals surface area contributed by atoms with Gasteiger partial charge in [-0.3, -0.25) is 4.79 Å². The van der Waals surface area contributed by atoms with Crippen molar-refractivity contribution in [3.05, 3.63) is 10.6 Å². The molecule has 3 nitrogen and oxygen atoms in total. The number of allylic oxidation sites excluding steroid dienone is 2. The van der Waals surface area contributed by atoms with Gasteiger partial charge in [0.2, 0.25) is 0 Å². The highest BCUT2D eigenvalue weighted by Gasteiger charge is 2.84. The highest BCUT2D eigenvalue weighted by Crippen LogP contribution is 2.78. The fourth-order valence-corrected chi connectivity index (χ4v) is 7.56. The zero-order chi connectivity index (χ0) is 13.0. The number of hydrogen-bond donors (Lipinski definition) is 0. The summed E-state index contributed by atoms with van der Waals surface area (Å²) in [5, 5.41) is 0. The monoisotopic (exact) mass is 388 g/mol. The van der Waals surface area contributed by atoms with Crippen molar-refractivity contribution in [2.24, 2.45) is 29.6 Å². The van der Waals surface area contributed by atoms with Crippen LogP contribution in [-0.4, -0.2) is 29.1 Å². The average Bonchev–Trinajstić information content (AvgIpc) is 2.99. The Bertz CT molecular complexity index is 525. The third kappa shape index (κ3) is 1.01. The molecule has 5 aliphatic rings. The van der Waals surface area contributed by atoms with Gasteiger partial charge in [-0.15, -0.1) is 0 Å². The fraction of sp³-hybridized carbons (Fsp3) is 0.786. The van der Waals surface area contributed by atoms with E-state index in [-0.39, 0.29) is 27.9 Å². The number of ketones is 1. The van der Waals surface area contributed by atoms with Crippen LogP contribution < -0.4 is 0 Å². The zero-order valence-electron chi connectivity index (χ0n) is 10.3. The molecule has 5 heteroatoms. The number of carbonyl (C=O) groups excluding carboxylic acids is 1. The minimum absolute atomic E-state index is 0.0494. The molecule has 1 heterocycles. The third-order valence-electron chi connectivity index (χ3n) is 6.14. The van der Waals surface area contributed by atoms with Crippen molar-refractivity contribution in [3.8, 4) is 0 Å². The maximum Gasteiger partial charge on any atom is 0.188 e. The average molecular weight is 390 g/mol. The third-order valence-corrected chi connectivity index (χ3v) is 8.47. The van der Waals surface area contributed by atoms with Gasteiger partial charge in [-0.2, -0.15) is 0 Å². The number of Topliss-reactive ketones (excluding diaryl/α,β-unsaturated/α-hetero) is 1. The van der Waals surface area contributed by atoms with E-state index in [0.717, 1.165) is 4.48 Å². The lowest BCUT2D eigenvalue weighted by Gasteiger charge is -2.47. The van der Waals surface area contributed by atoms with Crippen LogP contribution in [0.1, 0.15) is 12.8 Å². The lowest BCUT2D eigenvalue weighted by molar-refractivity contribution is -0.187. The van der Waals surface area contributed by atoms with E-state index in [2.05, 4.69) is 37.9 Å². The van der Waals surface area contributed by atoms with Crippen molar-refractivity contribution < 1.29 is 14.3 Å². The number of carbonyl (C=O) groups is 1. The van der Waals surface area contributed by atoms with E-state index >= 15 is 0 Å². The van der Waals surface area contributed by atoms with Crippen molar-refractivity contribution in [1.82, 2.24) is 0 Å². The highest BCUT2D eigenvalue weighted by molar-refractivity contribution is 9.12. The molecule has 6 atom stereocenters. The largest absolute Gasteiger partial charge is 0.346 e. The van der Waals surface area contributed by atoms with Crippen LogP contribution in [0.4, 0.5) is 0 Å². The first kappa shape index (κ1) is 11.9. The molecule has 3 saturated carbocycles. The van der Waals surface area contributed by atoms with Crippen LogP contribution >= 0.6 is 31.9 Å². The van der Waals surface area contributed by atoms with Crippen molar-refractivity contribution >= 4 is 37.6 Å². The smallest absolute Gasteiger partial charge is 0.188 e. The predicted octanol–water partition coefficient (Wildman–Crippen LogP) is 2.63. The van der Waals surface area contributed by atoms with Gasteiger partial charge in [-0.25, -0.2) is 0 Å². The van der Waals surface area contributed by atoms with Crippen LogP contribution in [0.15, 0.2) is 10.6 Å². The van der Waals surface area contributed by atoms with Gasteiger partial charge in [0.15, 0.2) is 11.6 Å². The number of halogens is 2. The van der Waals surface area contributed by atoms with Crippen molar-refractivity contribution in [2.75, 3.05) is 13.2 Å². The normalized spacial score (nSPS) is 56.2. The second kappa shape index (κ2) is 3.37. The number of fused-ring (bicyclic) bond motifs is 6. The Morgan fingerprint density at radius 3 is 2.63 bits per heavy atom. The molecule has 19 heavy (non-hydrogen) atoms. The summed E-state index contributed by atoms with van der Waals surface area (Å²) in [6, 6.07) is 0. The summed E-state index contributed by atoms with van der Waals surface area (Å²) in [7, 11) is 0. The molecule has 102 valence electrons. The Morgan fingerprint density at radius 1 is 1.26 bits per heavy atom. The van der Waals surface area contributed by atoms with Crippen LogP contribution in [0, 0.1) is 29.6 Å². The molecule has 1 aliphatic heterocycles. The molecular weight excluding hydrogens is 376 g/mol. The Kier molecular flexibility index (Phi) is 2.11. The summed E-state index contributed by atoms with van der Waals surface area (Å²) in [6.07, 6.45) is 4.54. The van der Waals surface area contributed by atoms with Gasteiger partial charge in [0, 0.05) is 17.8 Å². The van der Waals surface area contributed by atoms with Gasteiger partial charge in [0.05, 0.1) is 22.0 Å². The molecule has 0 unspecified atom stereocenters. The number of ether oxygens (including phenoxy) is 2. The molecular formula is C14H14Br2O3. The van der Waals surface area contributed by atoms with Crippen LogP contribution in [-0.2, 0) is 14.3 Å². The maximum atomic E-state index is 12.5. The fourth-order valence-electron chi connectivity index (χ4n) is 5.53. The summed E-state index contributed by atoms with van der Waals surface area (Å²) in [4.78, 5) is 12.5. The van der Waals surface area contributed by atoms with Crippen molar-refractivity contribution in [3.63, 3.8) is 0 Å². The quantitative estimate of drug-likeness (QED) is 0.597. The van der Waals surface area contributed by atoms with E-state index < -0.39 is 5.79 Å². The first-order chi connectivity index (χ1) is 9.11. The molecule has 5 rings (SSSR count). The molecule has 0 aromatic heterocycles. The van der Waals surface area contributed by atoms with Crippen LogP contribution in [0.25, 0.3) is 0 Å². The van der Waals surface area contributed by atoms with E-state index in [9.17, 15) is 4.79 Å². The van der Waals surface area contributed by atoms with E-state index in [4.69, 9.17) is 9.47 Å². The molecule has 0 amide bonds. The van der Waals surface area contributed by atoms with E-state index in [1.165, 1.54) is 12.8 Å². The van der Waals surface area contributed by atoms with E-state index in [1.807, 2.05) is 0 Å². The Balaban J connectivity index is 1.74. The second-order valence-corrected chi connectivity index (χ2v) is 8.60. The molecule has 0 aromatic rings. The SMILES string of the molecule is O=C1C(Br)=C[C@H]2[C@H]1[C@H]1[C@@H]3CC[C@@H]3[C@@]2(Br)C12OCCO2. The van der Waals surface area contributed by atoms with Gasteiger partial charge >= 0.3 is 0 Å². The van der Waals surface area contributed by atoms with Gasteiger partial charge in [-0.1, -0.05) is 22.0 Å². The van der Waals surface area contributed by atoms with E-state index in [1.54, 1.807) is 0 Å². The lowest BCUT2D eigenvalue weighted by atomic mass is 9.59. The minimum atomic E-state index is -0.548. The molecule has 0 aromatic carbocycles. The van der Waals surface area contributed by atoms with Gasteiger partial charge < -0.3 is 9.47 Å². The van der Waals surface area contributed by atoms with Crippen molar-refractivity contribution in [1.29, 1.82) is 0 Å². The summed E-state index contributed by atoms with van der Waals surface area (Å²) in [6.45, 7) is 1.31. The molecule has 1 spiro atoms. The lowest BCUT2D eigenvalue weighted by Crippen LogP contribution is -2.52. The summed E-state index contributed by atoms with van der Waals surface area (Å²) >= 11 is 7.45. The van der Waals surface area contributed by atoms with E-state index in [0.29, 0.717) is 25.0 Å². The standard InChI is InChI=1S/C14H14Br2O3/c15-9-5-8-10(12(9)17)11-6-1-2-7(6)13(8,16)14(11)18-3-4-19-14/h5-8,10-11H,1-4H2/t6-,7+,8+,10+,11-,13+/m1/s1. The Hall–Kier alpha value is 0.290. The van der Waals surface area contributed by atoms with Crippen molar-refractivity contribution in [2.45, 2.75) is 23.0 Å². The molecule has 4 aliphatic carbocycles. The first-order valence-electron chi connectivity index (χ1n) is 6.99. The van der Waals surface area contributed by atoms with Gasteiger partial charge in [0.25, 0.3) is 0 Å². The molecule has 1 saturated heterocycles. The zero-order valence-corrected chi connectivity index (χ0v) is 13.4. The molecule has 2 bridgehead atoms. The first-order valence-corrected chi connectivity index (χ1v) is 8.58. The molecule has 4 fully saturated rings. The minimum Gasteiger partial charge on any atom is -0.346 e. The number of rotatable bonds is 0. The summed E-state index contributed by atoms with van der Waals surface area (Å²) in [5.74, 6) is 1.40. The second-order valence-electron chi connectivity index (χ2n) is 6.44.